The van der Waals surface area contributed by atoms with Crippen LogP contribution in [0.3, 0.4) is 0 Å². The number of hydrogen-bond acceptors (Lipinski definition) is 4. The van der Waals surface area contributed by atoms with E-state index in [2.05, 4.69) is 10.2 Å². The van der Waals surface area contributed by atoms with E-state index in [-0.39, 0.29) is 0 Å². The second-order valence-corrected chi connectivity index (χ2v) is 3.98. The molecule has 0 unspecified atom stereocenters. The molecular weight excluding hydrogens is 238 g/mol. The molecule has 0 radical (unpaired) electrons. The van der Waals surface area contributed by atoms with Crippen molar-refractivity contribution in [1.82, 2.24) is 10.2 Å². The van der Waals surface area contributed by atoms with Gasteiger partial charge in [-0.15, -0.1) is 5.10 Å². The predicted octanol–water partition coefficient (Wildman–Crippen LogP) is 2.69. The first-order chi connectivity index (χ1) is 8.19. The van der Waals surface area contributed by atoms with E-state index in [9.17, 15) is 0 Å². The van der Waals surface area contributed by atoms with Crippen LogP contribution in [-0.4, -0.2) is 10.2 Å². The number of nitrogens with zero attached hydrogens (tertiary/aromatic N) is 2. The van der Waals surface area contributed by atoms with Gasteiger partial charge in [-0.1, -0.05) is 17.7 Å². The molecule has 2 aromatic rings. The molecule has 0 fully saturated rings. The van der Waals surface area contributed by atoms with Gasteiger partial charge in [-0.2, -0.15) is 5.10 Å². The van der Waals surface area contributed by atoms with Crippen molar-refractivity contribution < 1.29 is 4.74 Å². The van der Waals surface area contributed by atoms with Gasteiger partial charge in [-0.25, -0.2) is 0 Å². The van der Waals surface area contributed by atoms with Crippen molar-refractivity contribution in [3.63, 3.8) is 0 Å². The van der Waals surface area contributed by atoms with Crippen LogP contribution >= 0.6 is 11.6 Å². The summed E-state index contributed by atoms with van der Waals surface area (Å²) in [4.78, 5) is 0. The maximum atomic E-state index is 6.02. The molecule has 2 rings (SSSR count). The SMILES string of the molecule is Cc1ccc(Oc2ccc(CN)c(Cl)c2)nn1. The van der Waals surface area contributed by atoms with Crippen LogP contribution in [0.25, 0.3) is 0 Å². The Morgan fingerprint density at radius 1 is 1.24 bits per heavy atom. The fourth-order valence-electron chi connectivity index (χ4n) is 1.32. The fraction of sp³-hybridized carbons (Fsp3) is 0.167. The Balaban J connectivity index is 2.19. The summed E-state index contributed by atoms with van der Waals surface area (Å²) in [5, 5.41) is 8.40. The zero-order chi connectivity index (χ0) is 12.3. The van der Waals surface area contributed by atoms with E-state index in [1.807, 2.05) is 19.1 Å². The predicted molar refractivity (Wildman–Crippen MR) is 66.2 cm³/mol. The summed E-state index contributed by atoms with van der Waals surface area (Å²) in [6.07, 6.45) is 0. The van der Waals surface area contributed by atoms with Crippen LogP contribution in [0.5, 0.6) is 11.6 Å². The summed E-state index contributed by atoms with van der Waals surface area (Å²) >= 11 is 6.02. The highest BCUT2D eigenvalue weighted by Crippen LogP contribution is 2.25. The first kappa shape index (κ1) is 11.8. The minimum atomic E-state index is 0.406. The van der Waals surface area contributed by atoms with Gasteiger partial charge in [0.1, 0.15) is 5.75 Å². The lowest BCUT2D eigenvalue weighted by Gasteiger charge is -2.06. The zero-order valence-corrected chi connectivity index (χ0v) is 10.1. The van der Waals surface area contributed by atoms with E-state index >= 15 is 0 Å². The summed E-state index contributed by atoms with van der Waals surface area (Å²) in [6.45, 7) is 2.27. The van der Waals surface area contributed by atoms with E-state index in [1.54, 1.807) is 18.2 Å². The molecule has 4 nitrogen and oxygen atoms in total. The van der Waals surface area contributed by atoms with Crippen molar-refractivity contribution in [1.29, 1.82) is 0 Å². The molecule has 1 heterocycles. The topological polar surface area (TPSA) is 61.0 Å². The summed E-state index contributed by atoms with van der Waals surface area (Å²) in [5.41, 5.74) is 7.25. The number of aromatic nitrogens is 2. The van der Waals surface area contributed by atoms with Crippen molar-refractivity contribution in [2.45, 2.75) is 13.5 Å². The lowest BCUT2D eigenvalue weighted by molar-refractivity contribution is 0.454. The molecule has 0 spiro atoms. The third kappa shape index (κ3) is 2.93. The molecule has 88 valence electrons. The number of benzene rings is 1. The van der Waals surface area contributed by atoms with Crippen LogP contribution in [-0.2, 0) is 6.54 Å². The van der Waals surface area contributed by atoms with E-state index in [0.29, 0.717) is 23.2 Å². The van der Waals surface area contributed by atoms with Crippen LogP contribution in [0.2, 0.25) is 5.02 Å². The average molecular weight is 250 g/mol. The quantitative estimate of drug-likeness (QED) is 0.909. The van der Waals surface area contributed by atoms with Gasteiger partial charge in [0.05, 0.1) is 5.69 Å². The highest BCUT2D eigenvalue weighted by molar-refractivity contribution is 6.31. The Bertz CT molecular complexity index is 514. The Hall–Kier alpha value is -1.65. The average Bonchev–Trinajstić information content (AvgIpc) is 2.32. The van der Waals surface area contributed by atoms with Gasteiger partial charge >= 0.3 is 0 Å². The maximum Gasteiger partial charge on any atom is 0.238 e. The molecule has 0 aliphatic rings. The number of halogens is 1. The fourth-order valence-corrected chi connectivity index (χ4v) is 1.57. The molecule has 17 heavy (non-hydrogen) atoms. The van der Waals surface area contributed by atoms with Crippen LogP contribution in [0.1, 0.15) is 11.3 Å². The van der Waals surface area contributed by atoms with Crippen LogP contribution in [0.4, 0.5) is 0 Å². The monoisotopic (exact) mass is 249 g/mol. The van der Waals surface area contributed by atoms with Gasteiger partial charge in [0.2, 0.25) is 5.88 Å². The maximum absolute atomic E-state index is 6.02. The second-order valence-electron chi connectivity index (χ2n) is 3.57. The molecule has 0 aliphatic heterocycles. The minimum absolute atomic E-state index is 0.406. The molecule has 1 aromatic carbocycles. The molecule has 0 amide bonds. The molecule has 1 aromatic heterocycles. The summed E-state index contributed by atoms with van der Waals surface area (Å²) < 4.78 is 5.51. The van der Waals surface area contributed by atoms with Gasteiger partial charge in [-0.3, -0.25) is 0 Å². The first-order valence-electron chi connectivity index (χ1n) is 5.15. The highest BCUT2D eigenvalue weighted by Gasteiger charge is 2.03. The van der Waals surface area contributed by atoms with E-state index in [0.717, 1.165) is 11.3 Å². The van der Waals surface area contributed by atoms with Crippen molar-refractivity contribution >= 4 is 11.6 Å². The van der Waals surface area contributed by atoms with Crippen LogP contribution < -0.4 is 10.5 Å². The minimum Gasteiger partial charge on any atom is -0.437 e. The van der Waals surface area contributed by atoms with E-state index < -0.39 is 0 Å². The molecule has 0 saturated carbocycles. The molecule has 0 saturated heterocycles. The first-order valence-corrected chi connectivity index (χ1v) is 5.53. The standard InChI is InChI=1S/C12H12ClN3O/c1-8-2-5-12(16-15-8)17-10-4-3-9(7-14)11(13)6-10/h2-6H,7,14H2,1H3. The number of rotatable bonds is 3. The normalized spacial score (nSPS) is 10.3. The second kappa shape index (κ2) is 5.12. The third-order valence-corrected chi connectivity index (χ3v) is 2.59. The molecule has 5 heteroatoms. The molecule has 0 aliphatic carbocycles. The zero-order valence-electron chi connectivity index (χ0n) is 9.35. The summed E-state index contributed by atoms with van der Waals surface area (Å²) in [7, 11) is 0. The Kier molecular flexibility index (Phi) is 3.56. The number of nitrogens with two attached hydrogens (primary N) is 1. The van der Waals surface area contributed by atoms with Crippen LogP contribution in [0, 0.1) is 6.92 Å². The largest absolute Gasteiger partial charge is 0.437 e. The number of aryl methyl sites for hydroxylation is 1. The van der Waals surface area contributed by atoms with Gasteiger partial charge < -0.3 is 10.5 Å². The third-order valence-electron chi connectivity index (χ3n) is 2.24. The summed E-state index contributed by atoms with van der Waals surface area (Å²) in [6, 6.07) is 8.94. The lowest BCUT2D eigenvalue weighted by Crippen LogP contribution is -1.97. The lowest BCUT2D eigenvalue weighted by atomic mass is 10.2. The van der Waals surface area contributed by atoms with E-state index in [1.165, 1.54) is 0 Å². The van der Waals surface area contributed by atoms with Crippen molar-refractivity contribution in [2.24, 2.45) is 5.73 Å². The molecule has 0 bridgehead atoms. The smallest absolute Gasteiger partial charge is 0.238 e. The number of hydrogen-bond donors (Lipinski definition) is 1. The molecular formula is C12H12ClN3O. The number of ether oxygens (including phenoxy) is 1. The van der Waals surface area contributed by atoms with Crippen LogP contribution in [0.15, 0.2) is 30.3 Å². The van der Waals surface area contributed by atoms with Gasteiger partial charge in [-0.05, 0) is 30.7 Å². The van der Waals surface area contributed by atoms with Crippen molar-refractivity contribution in [2.75, 3.05) is 0 Å². The Morgan fingerprint density at radius 2 is 2.06 bits per heavy atom. The van der Waals surface area contributed by atoms with Crippen molar-refractivity contribution in [3.8, 4) is 11.6 Å². The van der Waals surface area contributed by atoms with Gasteiger partial charge in [0.15, 0.2) is 0 Å². The van der Waals surface area contributed by atoms with Crippen molar-refractivity contribution in [3.05, 3.63) is 46.6 Å². The van der Waals surface area contributed by atoms with E-state index in [4.69, 9.17) is 22.1 Å². The van der Waals surface area contributed by atoms with Gasteiger partial charge in [0, 0.05) is 17.6 Å². The van der Waals surface area contributed by atoms with Gasteiger partial charge in [0.25, 0.3) is 0 Å². The molecule has 2 N–H and O–H groups in total. The highest BCUT2D eigenvalue weighted by atomic mass is 35.5. The Labute approximate surface area is 104 Å². The Morgan fingerprint density at radius 3 is 2.65 bits per heavy atom. The molecule has 0 atom stereocenters. The summed E-state index contributed by atoms with van der Waals surface area (Å²) in [5.74, 6) is 1.05.